The maximum Gasteiger partial charge on any atom is 0.331 e. The van der Waals surface area contributed by atoms with Gasteiger partial charge < -0.3 is 15.2 Å². The lowest BCUT2D eigenvalue weighted by Crippen LogP contribution is -2.56. The first kappa shape index (κ1) is 15.9. The first-order chi connectivity index (χ1) is 7.87. The van der Waals surface area contributed by atoms with Crippen LogP contribution in [-0.2, 0) is 14.3 Å². The van der Waals surface area contributed by atoms with Gasteiger partial charge in [-0.1, -0.05) is 26.7 Å². The van der Waals surface area contributed by atoms with Crippen molar-refractivity contribution in [3.63, 3.8) is 0 Å². The second-order valence-corrected chi connectivity index (χ2v) is 4.60. The van der Waals surface area contributed by atoms with E-state index in [9.17, 15) is 9.59 Å². The van der Waals surface area contributed by atoms with Crippen molar-refractivity contribution in [2.45, 2.75) is 45.6 Å². The molecular formula is C12H23NO4. The largest absolute Gasteiger partial charge is 0.479 e. The quantitative estimate of drug-likeness (QED) is 0.678. The number of hydrogen-bond donors (Lipinski definition) is 2. The maximum atomic E-state index is 11.8. The van der Waals surface area contributed by atoms with Crippen LogP contribution in [0.5, 0.6) is 0 Å². The number of rotatable bonds is 8. The predicted octanol–water partition coefficient (Wildman–Crippen LogP) is 1.42. The molecule has 17 heavy (non-hydrogen) atoms. The van der Waals surface area contributed by atoms with Crippen molar-refractivity contribution in [1.29, 1.82) is 0 Å². The fourth-order valence-corrected chi connectivity index (χ4v) is 1.48. The van der Waals surface area contributed by atoms with E-state index in [4.69, 9.17) is 9.84 Å². The molecule has 0 spiro atoms. The van der Waals surface area contributed by atoms with Gasteiger partial charge in [-0.3, -0.25) is 4.79 Å². The number of aliphatic carboxylic acids is 1. The lowest BCUT2D eigenvalue weighted by Gasteiger charge is -2.26. The van der Waals surface area contributed by atoms with E-state index >= 15 is 0 Å². The minimum atomic E-state index is -1.35. The molecule has 5 heteroatoms. The predicted molar refractivity (Wildman–Crippen MR) is 64.7 cm³/mol. The van der Waals surface area contributed by atoms with Crippen LogP contribution in [0.2, 0.25) is 0 Å². The topological polar surface area (TPSA) is 75.6 Å². The highest BCUT2D eigenvalue weighted by atomic mass is 16.5. The smallest absolute Gasteiger partial charge is 0.331 e. The van der Waals surface area contributed by atoms with E-state index in [2.05, 4.69) is 12.2 Å². The number of methoxy groups -OCH3 is 1. The zero-order chi connectivity index (χ0) is 13.5. The van der Waals surface area contributed by atoms with Crippen molar-refractivity contribution in [1.82, 2.24) is 5.32 Å². The normalized spacial score (nSPS) is 16.0. The zero-order valence-corrected chi connectivity index (χ0v) is 11.1. The Bertz CT molecular complexity index is 267. The van der Waals surface area contributed by atoms with Gasteiger partial charge in [0.1, 0.15) is 0 Å². The van der Waals surface area contributed by atoms with Crippen molar-refractivity contribution >= 4 is 11.9 Å². The molecule has 0 aromatic rings. The molecule has 0 aliphatic carbocycles. The molecule has 5 nitrogen and oxygen atoms in total. The maximum absolute atomic E-state index is 11.8. The van der Waals surface area contributed by atoms with E-state index in [0.29, 0.717) is 0 Å². The molecule has 2 N–H and O–H groups in total. The van der Waals surface area contributed by atoms with Crippen molar-refractivity contribution in [3.05, 3.63) is 0 Å². The first-order valence-electron chi connectivity index (χ1n) is 5.91. The SMILES string of the molecule is CCCCC(C)C(=O)NC(C)(COC)C(=O)O. The number of nitrogens with one attached hydrogen (secondary N) is 1. The summed E-state index contributed by atoms with van der Waals surface area (Å²) in [6, 6.07) is 0. The Labute approximate surface area is 103 Å². The van der Waals surface area contributed by atoms with Gasteiger partial charge in [0.25, 0.3) is 0 Å². The molecule has 0 rings (SSSR count). The number of amides is 1. The molecular weight excluding hydrogens is 222 g/mol. The molecule has 0 fully saturated rings. The molecule has 0 aromatic heterocycles. The number of carbonyl (C=O) groups is 2. The fraction of sp³-hybridized carbons (Fsp3) is 0.833. The number of carboxylic acids is 1. The summed E-state index contributed by atoms with van der Waals surface area (Å²) in [7, 11) is 1.41. The van der Waals surface area contributed by atoms with Crippen LogP contribution in [0.4, 0.5) is 0 Å². The summed E-state index contributed by atoms with van der Waals surface area (Å²) in [5, 5.41) is 11.6. The number of hydrogen-bond acceptors (Lipinski definition) is 3. The van der Waals surface area contributed by atoms with Gasteiger partial charge in [0.05, 0.1) is 6.61 Å². The summed E-state index contributed by atoms with van der Waals surface area (Å²) in [5.74, 6) is -1.50. The number of carboxylic acid groups (broad SMARTS) is 1. The van der Waals surface area contributed by atoms with Crippen LogP contribution in [0.25, 0.3) is 0 Å². The summed E-state index contributed by atoms with van der Waals surface area (Å²) in [6.45, 7) is 5.26. The average molecular weight is 245 g/mol. The highest BCUT2D eigenvalue weighted by molar-refractivity contribution is 5.87. The van der Waals surface area contributed by atoms with Crippen molar-refractivity contribution in [2.75, 3.05) is 13.7 Å². The van der Waals surface area contributed by atoms with Crippen LogP contribution >= 0.6 is 0 Å². The van der Waals surface area contributed by atoms with Crippen LogP contribution in [-0.4, -0.2) is 36.2 Å². The second-order valence-electron chi connectivity index (χ2n) is 4.60. The molecule has 0 bridgehead atoms. The van der Waals surface area contributed by atoms with Crippen molar-refractivity contribution < 1.29 is 19.4 Å². The van der Waals surface area contributed by atoms with Crippen molar-refractivity contribution in [2.24, 2.45) is 5.92 Å². The monoisotopic (exact) mass is 245 g/mol. The van der Waals surface area contributed by atoms with Crippen LogP contribution in [0, 0.1) is 5.92 Å². The van der Waals surface area contributed by atoms with Crippen LogP contribution < -0.4 is 5.32 Å². The molecule has 0 saturated heterocycles. The summed E-state index contributed by atoms with van der Waals surface area (Å²) < 4.78 is 4.83. The van der Waals surface area contributed by atoms with E-state index < -0.39 is 11.5 Å². The van der Waals surface area contributed by atoms with Gasteiger partial charge >= 0.3 is 5.97 Å². The second kappa shape index (κ2) is 7.27. The standard InChI is InChI=1S/C12H23NO4/c1-5-6-7-9(2)10(14)13-12(3,8-17-4)11(15)16/h9H,5-8H2,1-4H3,(H,13,14)(H,15,16). The molecule has 0 aliphatic heterocycles. The Balaban J connectivity index is 4.45. The third-order valence-electron chi connectivity index (χ3n) is 2.74. The number of carbonyl (C=O) groups excluding carboxylic acids is 1. The van der Waals surface area contributed by atoms with Crippen LogP contribution in [0.15, 0.2) is 0 Å². The summed E-state index contributed by atoms with van der Waals surface area (Å²) in [5.41, 5.74) is -1.35. The lowest BCUT2D eigenvalue weighted by molar-refractivity contribution is -0.149. The Kier molecular flexibility index (Phi) is 6.80. The van der Waals surface area contributed by atoms with E-state index in [0.717, 1.165) is 19.3 Å². The third-order valence-corrected chi connectivity index (χ3v) is 2.74. The van der Waals surface area contributed by atoms with E-state index in [1.54, 1.807) is 6.92 Å². The van der Waals surface area contributed by atoms with Gasteiger partial charge in [0.2, 0.25) is 5.91 Å². The molecule has 2 atom stereocenters. The molecule has 0 saturated carbocycles. The highest BCUT2D eigenvalue weighted by Gasteiger charge is 2.35. The van der Waals surface area contributed by atoms with Gasteiger partial charge in [-0.05, 0) is 13.3 Å². The van der Waals surface area contributed by atoms with Gasteiger partial charge in [0.15, 0.2) is 5.54 Å². The minimum Gasteiger partial charge on any atom is -0.479 e. The van der Waals surface area contributed by atoms with Gasteiger partial charge in [-0.15, -0.1) is 0 Å². The Hall–Kier alpha value is -1.10. The first-order valence-corrected chi connectivity index (χ1v) is 5.91. The molecule has 0 radical (unpaired) electrons. The zero-order valence-electron chi connectivity index (χ0n) is 11.1. The average Bonchev–Trinajstić information content (AvgIpc) is 2.25. The molecule has 100 valence electrons. The summed E-state index contributed by atoms with van der Waals surface area (Å²) in [4.78, 5) is 22.9. The lowest BCUT2D eigenvalue weighted by atomic mass is 9.99. The van der Waals surface area contributed by atoms with Gasteiger partial charge in [-0.2, -0.15) is 0 Å². The highest BCUT2D eigenvalue weighted by Crippen LogP contribution is 2.11. The molecule has 0 aromatic carbocycles. The Morgan fingerprint density at radius 1 is 1.47 bits per heavy atom. The number of ether oxygens (including phenoxy) is 1. The molecule has 2 unspecified atom stereocenters. The summed E-state index contributed by atoms with van der Waals surface area (Å²) >= 11 is 0. The number of unbranched alkanes of at least 4 members (excludes halogenated alkanes) is 1. The molecule has 1 amide bonds. The van der Waals surface area contributed by atoms with Crippen LogP contribution in [0.1, 0.15) is 40.0 Å². The van der Waals surface area contributed by atoms with E-state index in [-0.39, 0.29) is 18.4 Å². The minimum absolute atomic E-state index is 0.0471. The van der Waals surface area contributed by atoms with E-state index in [1.165, 1.54) is 14.0 Å². The van der Waals surface area contributed by atoms with Gasteiger partial charge in [-0.25, -0.2) is 4.79 Å². The fourth-order valence-electron chi connectivity index (χ4n) is 1.48. The van der Waals surface area contributed by atoms with Crippen molar-refractivity contribution in [3.8, 4) is 0 Å². The van der Waals surface area contributed by atoms with Crippen LogP contribution in [0.3, 0.4) is 0 Å². The third kappa shape index (κ3) is 5.17. The molecule has 0 heterocycles. The molecule has 0 aliphatic rings. The van der Waals surface area contributed by atoms with Gasteiger partial charge in [0, 0.05) is 13.0 Å². The summed E-state index contributed by atoms with van der Waals surface area (Å²) in [6.07, 6.45) is 2.75. The Morgan fingerprint density at radius 3 is 2.47 bits per heavy atom. The van der Waals surface area contributed by atoms with E-state index in [1.807, 2.05) is 0 Å². The Morgan fingerprint density at radius 2 is 2.06 bits per heavy atom.